The first-order valence-electron chi connectivity index (χ1n) is 9.66. The summed E-state index contributed by atoms with van der Waals surface area (Å²) in [6.45, 7) is 0. The maximum Gasteiger partial charge on any atom is 0.265 e. The quantitative estimate of drug-likeness (QED) is 0.353. The molecule has 0 saturated carbocycles. The number of aromatic hydroxyl groups is 1. The number of phenolic OH excluding ortho intramolecular Hbond substituents is 1. The molecule has 10 heteroatoms. The zero-order valence-electron chi connectivity index (χ0n) is 16.3. The van der Waals surface area contributed by atoms with Crippen molar-refractivity contribution in [2.45, 2.75) is 24.2 Å². The van der Waals surface area contributed by atoms with Gasteiger partial charge in [0.05, 0.1) is 11.4 Å². The van der Waals surface area contributed by atoms with Crippen LogP contribution in [-0.2, 0) is 22.9 Å². The molecule has 0 fully saturated rings. The van der Waals surface area contributed by atoms with Crippen LogP contribution in [0.15, 0.2) is 51.9 Å². The van der Waals surface area contributed by atoms with Gasteiger partial charge in [-0.15, -0.1) is 0 Å². The molecule has 0 amide bonds. The number of aryl methyl sites for hydroxylation is 2. The van der Waals surface area contributed by atoms with E-state index in [4.69, 9.17) is 16.1 Å². The molecule has 0 saturated heterocycles. The molecular weight excluding hydrogens is 462 g/mol. The molecule has 0 radical (unpaired) electrons. The molecule has 2 heterocycles. The van der Waals surface area contributed by atoms with Crippen molar-refractivity contribution in [1.82, 2.24) is 5.16 Å². The monoisotopic (exact) mass is 476 g/mol. The number of sulfonamides is 1. The van der Waals surface area contributed by atoms with Gasteiger partial charge in [-0.2, -0.15) is 0 Å². The third-order valence-corrected chi connectivity index (χ3v) is 7.21. The Hall–Kier alpha value is -3.17. The topological polar surface area (TPSA) is 92.4 Å². The molecule has 1 aliphatic heterocycles. The first-order valence-corrected chi connectivity index (χ1v) is 11.5. The molecule has 1 aromatic heterocycles. The summed E-state index contributed by atoms with van der Waals surface area (Å²) < 4.78 is 62.7. The largest absolute Gasteiger partial charge is 0.505 e. The number of anilines is 1. The highest BCUT2D eigenvalue weighted by Gasteiger charge is 2.28. The minimum atomic E-state index is -4.50. The van der Waals surface area contributed by atoms with Gasteiger partial charge < -0.3 is 9.63 Å². The van der Waals surface area contributed by atoms with Crippen LogP contribution in [-0.4, -0.2) is 18.7 Å². The Bertz CT molecular complexity index is 1500. The maximum atomic E-state index is 14.7. The van der Waals surface area contributed by atoms with Gasteiger partial charge in [-0.1, -0.05) is 41.0 Å². The van der Waals surface area contributed by atoms with Crippen LogP contribution >= 0.6 is 11.6 Å². The van der Waals surface area contributed by atoms with Crippen molar-refractivity contribution in [1.29, 1.82) is 0 Å². The zero-order valence-corrected chi connectivity index (χ0v) is 17.9. The van der Waals surface area contributed by atoms with Gasteiger partial charge in [0.15, 0.2) is 11.3 Å². The number of nitrogens with one attached hydrogen (secondary N) is 1. The highest BCUT2D eigenvalue weighted by molar-refractivity contribution is 7.92. The second-order valence-electron chi connectivity index (χ2n) is 7.47. The highest BCUT2D eigenvalue weighted by Crippen LogP contribution is 2.41. The summed E-state index contributed by atoms with van der Waals surface area (Å²) in [7, 11) is -4.50. The lowest BCUT2D eigenvalue weighted by Gasteiger charge is -2.15. The number of hydrogen-bond donors (Lipinski definition) is 2. The molecular formula is C22H15ClF2N2O4S. The number of hydrogen-bond acceptors (Lipinski definition) is 5. The van der Waals surface area contributed by atoms with E-state index in [2.05, 4.69) is 9.88 Å². The molecule has 4 aromatic rings. The van der Waals surface area contributed by atoms with Crippen LogP contribution < -0.4 is 4.72 Å². The van der Waals surface area contributed by atoms with Crippen molar-refractivity contribution in [3.63, 3.8) is 0 Å². The Labute approximate surface area is 186 Å². The van der Waals surface area contributed by atoms with Crippen molar-refractivity contribution >= 4 is 38.3 Å². The van der Waals surface area contributed by atoms with Crippen molar-refractivity contribution in [2.75, 3.05) is 4.72 Å². The summed E-state index contributed by atoms with van der Waals surface area (Å²) in [5.41, 5.74) is 1.45. The molecule has 2 N–H and O–H groups in total. The first kappa shape index (κ1) is 20.7. The van der Waals surface area contributed by atoms with Crippen LogP contribution in [0.4, 0.5) is 14.5 Å². The Morgan fingerprint density at radius 1 is 1.06 bits per heavy atom. The molecule has 0 aliphatic carbocycles. The van der Waals surface area contributed by atoms with E-state index in [-0.39, 0.29) is 16.2 Å². The molecule has 32 heavy (non-hydrogen) atoms. The van der Waals surface area contributed by atoms with Gasteiger partial charge in [-0.3, -0.25) is 4.72 Å². The summed E-state index contributed by atoms with van der Waals surface area (Å²) in [5.74, 6) is -2.68. The van der Waals surface area contributed by atoms with Crippen LogP contribution in [0.5, 0.6) is 5.75 Å². The molecule has 0 spiro atoms. The molecule has 0 unspecified atom stereocenters. The number of fused-ring (bicyclic) bond motifs is 5. The summed E-state index contributed by atoms with van der Waals surface area (Å²) in [6.07, 6.45) is 1.57. The second-order valence-corrected chi connectivity index (χ2v) is 9.50. The van der Waals surface area contributed by atoms with Crippen molar-refractivity contribution in [3.8, 4) is 16.9 Å². The molecule has 1 aliphatic rings. The van der Waals surface area contributed by atoms with Crippen LogP contribution in [0.2, 0.25) is 5.02 Å². The number of benzene rings is 3. The second kappa shape index (κ2) is 7.46. The van der Waals surface area contributed by atoms with Gasteiger partial charge in [0.1, 0.15) is 21.6 Å². The number of phenols is 1. The molecule has 3 aromatic carbocycles. The average molecular weight is 477 g/mol. The minimum Gasteiger partial charge on any atom is -0.505 e. The molecule has 5 rings (SSSR count). The maximum absolute atomic E-state index is 14.7. The highest BCUT2D eigenvalue weighted by atomic mass is 35.5. The molecule has 6 nitrogen and oxygen atoms in total. The van der Waals surface area contributed by atoms with E-state index >= 15 is 0 Å². The SMILES string of the molecule is O=S1(=O)Nc2cc(c(F)cc2F)-c2ccccc2CCCc2noc3c(Cl)c(O)c1cc23. The van der Waals surface area contributed by atoms with Crippen LogP contribution in [0.3, 0.4) is 0 Å². The van der Waals surface area contributed by atoms with Gasteiger partial charge in [0.2, 0.25) is 0 Å². The minimum absolute atomic E-state index is 0.0524. The lowest BCUT2D eigenvalue weighted by atomic mass is 9.95. The third kappa shape index (κ3) is 3.28. The Balaban J connectivity index is 1.79. The van der Waals surface area contributed by atoms with E-state index < -0.39 is 38.0 Å². The standard InChI is InChI=1S/C22H15ClF2N2O4S/c23-20-21(28)19-9-14-17(26-31-22(14)20)7-3-5-11-4-1-2-6-12(11)13-8-18(27-32(19,29)30)16(25)10-15(13)24/h1-2,4,6,8-10,27-28H,3,5,7H2. The van der Waals surface area contributed by atoms with Gasteiger partial charge >= 0.3 is 0 Å². The smallest absolute Gasteiger partial charge is 0.265 e. The van der Waals surface area contributed by atoms with Gasteiger partial charge in [0.25, 0.3) is 10.0 Å². The van der Waals surface area contributed by atoms with Crippen LogP contribution in [0.1, 0.15) is 17.7 Å². The normalized spacial score (nSPS) is 15.2. The zero-order chi connectivity index (χ0) is 22.6. The Morgan fingerprint density at radius 2 is 1.84 bits per heavy atom. The Kier molecular flexibility index (Phi) is 4.83. The number of nitrogens with zero attached hydrogens (tertiary/aromatic N) is 1. The van der Waals surface area contributed by atoms with Crippen LogP contribution in [0, 0.1) is 11.6 Å². The van der Waals surface area contributed by atoms with E-state index in [0.29, 0.717) is 42.0 Å². The van der Waals surface area contributed by atoms with Gasteiger partial charge in [-0.25, -0.2) is 17.2 Å². The summed E-state index contributed by atoms with van der Waals surface area (Å²) in [4.78, 5) is -0.567. The Morgan fingerprint density at radius 3 is 2.66 bits per heavy atom. The lowest BCUT2D eigenvalue weighted by Crippen LogP contribution is -2.15. The number of aromatic nitrogens is 1. The summed E-state index contributed by atoms with van der Waals surface area (Å²) in [6, 6.07) is 9.99. The van der Waals surface area contributed by atoms with Gasteiger partial charge in [-0.05, 0) is 42.5 Å². The third-order valence-electron chi connectivity index (χ3n) is 5.48. The average Bonchev–Trinajstić information content (AvgIpc) is 3.15. The fourth-order valence-corrected chi connectivity index (χ4v) is 5.40. The molecule has 164 valence electrons. The lowest BCUT2D eigenvalue weighted by molar-refractivity contribution is 0.437. The van der Waals surface area contributed by atoms with Crippen LogP contribution in [0.25, 0.3) is 22.1 Å². The molecule has 4 bridgehead atoms. The summed E-state index contributed by atoms with van der Waals surface area (Å²) in [5, 5.41) is 14.4. The van der Waals surface area contributed by atoms with E-state index in [1.54, 1.807) is 12.1 Å². The van der Waals surface area contributed by atoms with E-state index in [1.807, 2.05) is 12.1 Å². The van der Waals surface area contributed by atoms with Crippen molar-refractivity contribution < 1.29 is 26.8 Å². The van der Waals surface area contributed by atoms with Crippen molar-refractivity contribution in [2.24, 2.45) is 0 Å². The van der Waals surface area contributed by atoms with Crippen molar-refractivity contribution in [3.05, 3.63) is 70.4 Å². The molecule has 0 atom stereocenters. The van der Waals surface area contributed by atoms with E-state index in [1.165, 1.54) is 6.07 Å². The number of rotatable bonds is 0. The predicted molar refractivity (Wildman–Crippen MR) is 115 cm³/mol. The van der Waals surface area contributed by atoms with Gasteiger partial charge in [0, 0.05) is 17.0 Å². The summed E-state index contributed by atoms with van der Waals surface area (Å²) >= 11 is 6.14. The fourth-order valence-electron chi connectivity index (χ4n) is 3.92. The predicted octanol–water partition coefficient (Wildman–Crippen LogP) is 5.42. The number of halogens is 3. The fraction of sp³-hybridized carbons (Fsp3) is 0.136. The van der Waals surface area contributed by atoms with E-state index in [9.17, 15) is 22.3 Å². The van der Waals surface area contributed by atoms with E-state index in [0.717, 1.165) is 11.6 Å². The first-order chi connectivity index (χ1) is 15.3.